The second kappa shape index (κ2) is 7.79. The summed E-state index contributed by atoms with van der Waals surface area (Å²) in [6.45, 7) is 12.3. The summed E-state index contributed by atoms with van der Waals surface area (Å²) in [5, 5.41) is 3.76. The molecule has 2 rings (SSSR count). The number of nitrogens with zero attached hydrogens (tertiary/aromatic N) is 1. The molecule has 0 aromatic carbocycles. The van der Waals surface area contributed by atoms with Crippen molar-refractivity contribution in [3.05, 3.63) is 0 Å². The molecule has 1 N–H and O–H groups in total. The van der Waals surface area contributed by atoms with Crippen LogP contribution in [0.25, 0.3) is 0 Å². The van der Waals surface area contributed by atoms with E-state index in [4.69, 9.17) is 0 Å². The van der Waals surface area contributed by atoms with Gasteiger partial charge in [-0.15, -0.1) is 0 Å². The lowest BCUT2D eigenvalue weighted by atomic mass is 9.69. The summed E-state index contributed by atoms with van der Waals surface area (Å²) < 4.78 is 0. The first-order chi connectivity index (χ1) is 9.60. The number of hydrogen-bond acceptors (Lipinski definition) is 2. The van der Waals surface area contributed by atoms with E-state index < -0.39 is 0 Å². The second-order valence-electron chi connectivity index (χ2n) is 7.93. The minimum Gasteiger partial charge on any atom is -0.314 e. The maximum absolute atomic E-state index is 3.76. The molecular weight excluding hydrogens is 244 g/mol. The third-order valence-corrected chi connectivity index (χ3v) is 5.33. The summed E-state index contributed by atoms with van der Waals surface area (Å²) in [5.74, 6) is 0.921. The lowest BCUT2D eigenvalue weighted by Crippen LogP contribution is -2.48. The summed E-state index contributed by atoms with van der Waals surface area (Å²) in [4.78, 5) is 2.78. The molecule has 1 saturated heterocycles. The fraction of sp³-hybridized carbons (Fsp3) is 1.00. The molecule has 2 unspecified atom stereocenters. The van der Waals surface area contributed by atoms with Crippen molar-refractivity contribution in [3.8, 4) is 0 Å². The molecule has 1 saturated carbocycles. The third kappa shape index (κ3) is 5.04. The van der Waals surface area contributed by atoms with Crippen LogP contribution in [-0.2, 0) is 0 Å². The molecule has 0 spiro atoms. The largest absolute Gasteiger partial charge is 0.314 e. The highest BCUT2D eigenvalue weighted by Crippen LogP contribution is 2.40. The summed E-state index contributed by atoms with van der Waals surface area (Å²) in [7, 11) is 0. The van der Waals surface area contributed by atoms with Gasteiger partial charge in [-0.2, -0.15) is 0 Å². The van der Waals surface area contributed by atoms with Crippen LogP contribution in [0.15, 0.2) is 0 Å². The zero-order valence-electron chi connectivity index (χ0n) is 14.1. The van der Waals surface area contributed by atoms with E-state index >= 15 is 0 Å². The van der Waals surface area contributed by atoms with Crippen LogP contribution in [0, 0.1) is 11.3 Å². The van der Waals surface area contributed by atoms with Gasteiger partial charge in [0, 0.05) is 19.1 Å². The fourth-order valence-corrected chi connectivity index (χ4v) is 4.32. The molecule has 2 heteroatoms. The van der Waals surface area contributed by atoms with Crippen molar-refractivity contribution in [1.29, 1.82) is 0 Å². The van der Waals surface area contributed by atoms with Crippen molar-refractivity contribution >= 4 is 0 Å². The van der Waals surface area contributed by atoms with Crippen LogP contribution in [0.3, 0.4) is 0 Å². The molecule has 0 aromatic rings. The van der Waals surface area contributed by atoms with Crippen LogP contribution in [0.1, 0.15) is 72.1 Å². The number of rotatable bonds is 5. The molecule has 0 bridgehead atoms. The molecule has 0 radical (unpaired) electrons. The van der Waals surface area contributed by atoms with Crippen LogP contribution >= 0.6 is 0 Å². The normalized spacial score (nSPS) is 33.3. The van der Waals surface area contributed by atoms with Crippen LogP contribution < -0.4 is 5.32 Å². The summed E-state index contributed by atoms with van der Waals surface area (Å²) in [6.07, 6.45) is 11.5. The van der Waals surface area contributed by atoms with Gasteiger partial charge in [0.1, 0.15) is 0 Å². The molecule has 1 aliphatic heterocycles. The standard InChI is InChI=1S/C18H36N2/c1-16(2)19-14-18(10-8-9-17(3)13-18)15-20-11-6-4-5-7-12-20/h16-17,19H,4-15H2,1-3H3. The molecule has 2 nitrogen and oxygen atoms in total. The zero-order valence-corrected chi connectivity index (χ0v) is 14.1. The van der Waals surface area contributed by atoms with E-state index in [2.05, 4.69) is 31.0 Å². The molecule has 2 aliphatic rings. The summed E-state index contributed by atoms with van der Waals surface area (Å²) in [5.41, 5.74) is 0.548. The van der Waals surface area contributed by atoms with Crippen LogP contribution in [0.5, 0.6) is 0 Å². The molecule has 20 heavy (non-hydrogen) atoms. The van der Waals surface area contributed by atoms with Gasteiger partial charge in [-0.05, 0) is 50.1 Å². The predicted molar refractivity (Wildman–Crippen MR) is 88.1 cm³/mol. The van der Waals surface area contributed by atoms with E-state index in [0.29, 0.717) is 11.5 Å². The second-order valence-corrected chi connectivity index (χ2v) is 7.93. The van der Waals surface area contributed by atoms with E-state index in [9.17, 15) is 0 Å². The van der Waals surface area contributed by atoms with Gasteiger partial charge < -0.3 is 10.2 Å². The summed E-state index contributed by atoms with van der Waals surface area (Å²) in [6, 6.07) is 0.619. The molecular formula is C18H36N2. The predicted octanol–water partition coefficient (Wildman–Crippen LogP) is 4.06. The first-order valence-corrected chi connectivity index (χ1v) is 9.05. The maximum Gasteiger partial charge on any atom is 0.00502 e. The van der Waals surface area contributed by atoms with Crippen molar-refractivity contribution in [2.45, 2.75) is 78.2 Å². The SMILES string of the molecule is CC1CCCC(CNC(C)C)(CN2CCCCCC2)C1. The average Bonchev–Trinajstić information content (AvgIpc) is 2.65. The van der Waals surface area contributed by atoms with Crippen molar-refractivity contribution in [2.75, 3.05) is 26.2 Å². The van der Waals surface area contributed by atoms with E-state index in [1.54, 1.807) is 0 Å². The highest BCUT2D eigenvalue weighted by Gasteiger charge is 2.36. The molecule has 0 aromatic heterocycles. The molecule has 0 amide bonds. The number of likely N-dealkylation sites (tertiary alicyclic amines) is 1. The maximum atomic E-state index is 3.76. The lowest BCUT2D eigenvalue weighted by molar-refractivity contribution is 0.0796. The first kappa shape index (κ1) is 16.3. The Labute approximate surface area is 126 Å². The highest BCUT2D eigenvalue weighted by molar-refractivity contribution is 4.90. The molecule has 1 heterocycles. The Hall–Kier alpha value is -0.0800. The van der Waals surface area contributed by atoms with Gasteiger partial charge in [0.05, 0.1) is 0 Å². The van der Waals surface area contributed by atoms with Crippen molar-refractivity contribution in [1.82, 2.24) is 10.2 Å². The Kier molecular flexibility index (Phi) is 6.35. The van der Waals surface area contributed by atoms with Gasteiger partial charge in [-0.3, -0.25) is 0 Å². The lowest BCUT2D eigenvalue weighted by Gasteiger charge is -2.44. The van der Waals surface area contributed by atoms with Gasteiger partial charge in [0.15, 0.2) is 0 Å². The van der Waals surface area contributed by atoms with Crippen molar-refractivity contribution in [3.63, 3.8) is 0 Å². The number of nitrogens with one attached hydrogen (secondary N) is 1. The summed E-state index contributed by atoms with van der Waals surface area (Å²) >= 11 is 0. The van der Waals surface area contributed by atoms with Crippen LogP contribution in [-0.4, -0.2) is 37.1 Å². The first-order valence-electron chi connectivity index (χ1n) is 9.05. The van der Waals surface area contributed by atoms with E-state index in [1.807, 2.05) is 0 Å². The van der Waals surface area contributed by atoms with Crippen molar-refractivity contribution < 1.29 is 0 Å². The Bertz CT molecular complexity index is 269. The molecule has 118 valence electrons. The van der Waals surface area contributed by atoms with E-state index in [-0.39, 0.29) is 0 Å². The molecule has 1 aliphatic carbocycles. The van der Waals surface area contributed by atoms with E-state index in [0.717, 1.165) is 5.92 Å². The zero-order chi connectivity index (χ0) is 14.4. The van der Waals surface area contributed by atoms with Crippen LogP contribution in [0.4, 0.5) is 0 Å². The topological polar surface area (TPSA) is 15.3 Å². The van der Waals surface area contributed by atoms with Gasteiger partial charge in [0.25, 0.3) is 0 Å². The van der Waals surface area contributed by atoms with Gasteiger partial charge in [-0.1, -0.05) is 46.5 Å². The Morgan fingerprint density at radius 1 is 1.10 bits per heavy atom. The quantitative estimate of drug-likeness (QED) is 0.817. The van der Waals surface area contributed by atoms with Gasteiger partial charge in [0.2, 0.25) is 0 Å². The Morgan fingerprint density at radius 2 is 1.80 bits per heavy atom. The fourth-order valence-electron chi connectivity index (χ4n) is 4.32. The van der Waals surface area contributed by atoms with Crippen LogP contribution in [0.2, 0.25) is 0 Å². The van der Waals surface area contributed by atoms with Gasteiger partial charge >= 0.3 is 0 Å². The minimum absolute atomic E-state index is 0.548. The smallest absolute Gasteiger partial charge is 0.00502 e. The van der Waals surface area contributed by atoms with E-state index in [1.165, 1.54) is 77.5 Å². The third-order valence-electron chi connectivity index (χ3n) is 5.33. The highest BCUT2D eigenvalue weighted by atomic mass is 15.1. The van der Waals surface area contributed by atoms with Gasteiger partial charge in [-0.25, -0.2) is 0 Å². The van der Waals surface area contributed by atoms with Crippen molar-refractivity contribution in [2.24, 2.45) is 11.3 Å². The number of hydrogen-bond donors (Lipinski definition) is 1. The molecule has 2 atom stereocenters. The Balaban J connectivity index is 1.96. The average molecular weight is 280 g/mol. The Morgan fingerprint density at radius 3 is 2.40 bits per heavy atom. The monoisotopic (exact) mass is 280 g/mol. The molecule has 2 fully saturated rings. The minimum atomic E-state index is 0.548.